The Labute approximate surface area is 164 Å². The molecule has 28 heavy (non-hydrogen) atoms. The van der Waals surface area contributed by atoms with Crippen molar-refractivity contribution in [2.45, 2.75) is 25.4 Å². The van der Waals surface area contributed by atoms with E-state index in [-0.39, 0.29) is 6.04 Å². The van der Waals surface area contributed by atoms with Crippen LogP contribution in [0.3, 0.4) is 0 Å². The van der Waals surface area contributed by atoms with Gasteiger partial charge in [-0.15, -0.1) is 0 Å². The lowest BCUT2D eigenvalue weighted by Gasteiger charge is -2.21. The lowest BCUT2D eigenvalue weighted by molar-refractivity contribution is 0.201. The monoisotopic (exact) mass is 380 g/mol. The third-order valence-corrected chi connectivity index (χ3v) is 4.85. The van der Waals surface area contributed by atoms with Crippen LogP contribution >= 0.6 is 0 Å². The van der Waals surface area contributed by atoms with Gasteiger partial charge in [-0.25, -0.2) is 4.98 Å². The number of likely N-dealkylation sites (tertiary alicyclic amines) is 1. The number of pyridine rings is 2. The lowest BCUT2D eigenvalue weighted by Crippen LogP contribution is -2.23. The van der Waals surface area contributed by atoms with Gasteiger partial charge in [0.15, 0.2) is 0 Å². The number of ether oxygens (including phenoxy) is 1. The maximum absolute atomic E-state index is 5.65. The van der Waals surface area contributed by atoms with E-state index in [9.17, 15) is 0 Å². The van der Waals surface area contributed by atoms with Gasteiger partial charge in [0.1, 0.15) is 5.82 Å². The minimum Gasteiger partial charge on any atom is -0.383 e. The number of methoxy groups -OCH3 is 1. The number of hydrogen-bond donors (Lipinski definition) is 1. The third kappa shape index (κ3) is 4.18. The summed E-state index contributed by atoms with van der Waals surface area (Å²) in [5.41, 5.74) is 2.01. The number of nitrogens with one attached hydrogen (secondary N) is 1. The number of hydrogen-bond acceptors (Lipinski definition) is 8. The van der Waals surface area contributed by atoms with Gasteiger partial charge in [-0.05, 0) is 43.1 Å². The molecule has 1 aliphatic heterocycles. The van der Waals surface area contributed by atoms with Crippen LogP contribution in [0.4, 0.5) is 5.82 Å². The van der Waals surface area contributed by atoms with Crippen LogP contribution in [0.15, 0.2) is 47.4 Å². The van der Waals surface area contributed by atoms with Gasteiger partial charge in [-0.3, -0.25) is 9.88 Å². The fraction of sp³-hybridized carbons (Fsp3) is 0.400. The molecule has 1 atom stereocenters. The first kappa shape index (κ1) is 18.5. The maximum atomic E-state index is 5.65. The van der Waals surface area contributed by atoms with E-state index >= 15 is 0 Å². The summed E-state index contributed by atoms with van der Waals surface area (Å²) in [4.78, 5) is 15.7. The zero-order valence-corrected chi connectivity index (χ0v) is 15.9. The van der Waals surface area contributed by atoms with Crippen LogP contribution < -0.4 is 5.32 Å². The van der Waals surface area contributed by atoms with Crippen LogP contribution in [0.2, 0.25) is 0 Å². The van der Waals surface area contributed by atoms with Gasteiger partial charge in [0.25, 0.3) is 0 Å². The van der Waals surface area contributed by atoms with E-state index in [0.29, 0.717) is 24.9 Å². The predicted molar refractivity (Wildman–Crippen MR) is 105 cm³/mol. The van der Waals surface area contributed by atoms with E-state index in [1.54, 1.807) is 19.5 Å². The first-order valence-electron chi connectivity index (χ1n) is 9.50. The van der Waals surface area contributed by atoms with Crippen LogP contribution in [0.5, 0.6) is 0 Å². The Hall–Kier alpha value is -2.84. The molecule has 146 valence electrons. The van der Waals surface area contributed by atoms with E-state index in [4.69, 9.17) is 14.2 Å². The van der Waals surface area contributed by atoms with Gasteiger partial charge in [-0.1, -0.05) is 11.2 Å². The molecule has 3 aromatic rings. The Bertz CT molecular complexity index is 885. The zero-order chi connectivity index (χ0) is 19.2. The molecule has 1 fully saturated rings. The summed E-state index contributed by atoms with van der Waals surface area (Å²) >= 11 is 0. The van der Waals surface area contributed by atoms with E-state index < -0.39 is 0 Å². The number of rotatable bonds is 8. The molecule has 0 saturated carbocycles. The summed E-state index contributed by atoms with van der Waals surface area (Å²) in [6, 6.07) is 8.00. The molecule has 0 aliphatic carbocycles. The quantitative estimate of drug-likeness (QED) is 0.597. The van der Waals surface area contributed by atoms with Crippen molar-refractivity contribution in [3.8, 4) is 11.4 Å². The van der Waals surface area contributed by atoms with Crippen molar-refractivity contribution >= 4 is 5.82 Å². The molecule has 0 amide bonds. The molecule has 1 unspecified atom stereocenters. The van der Waals surface area contributed by atoms with Crippen molar-refractivity contribution in [1.82, 2.24) is 25.0 Å². The van der Waals surface area contributed by atoms with Crippen molar-refractivity contribution in [2.24, 2.45) is 0 Å². The third-order valence-electron chi connectivity index (χ3n) is 4.85. The van der Waals surface area contributed by atoms with Crippen LogP contribution in [0, 0.1) is 0 Å². The summed E-state index contributed by atoms with van der Waals surface area (Å²) < 4.78 is 10.7. The van der Waals surface area contributed by atoms with Crippen molar-refractivity contribution in [1.29, 1.82) is 0 Å². The van der Waals surface area contributed by atoms with Crippen molar-refractivity contribution < 1.29 is 9.26 Å². The Morgan fingerprint density at radius 2 is 2.21 bits per heavy atom. The molecule has 4 rings (SSSR count). The molecule has 0 spiro atoms. The minimum absolute atomic E-state index is 0.128. The summed E-state index contributed by atoms with van der Waals surface area (Å²) in [6.45, 7) is 3.09. The highest BCUT2D eigenvalue weighted by Crippen LogP contribution is 2.33. The second kappa shape index (κ2) is 8.90. The number of anilines is 1. The lowest BCUT2D eigenvalue weighted by atomic mass is 10.2. The van der Waals surface area contributed by atoms with Crippen LogP contribution in [-0.2, 0) is 11.3 Å². The highest BCUT2D eigenvalue weighted by Gasteiger charge is 2.31. The topological polar surface area (TPSA) is 89.2 Å². The average molecular weight is 380 g/mol. The second-order valence-corrected chi connectivity index (χ2v) is 6.77. The van der Waals surface area contributed by atoms with Crippen molar-refractivity contribution in [3.05, 3.63) is 54.3 Å². The molecule has 8 heteroatoms. The van der Waals surface area contributed by atoms with Crippen LogP contribution in [-0.4, -0.2) is 51.8 Å². The van der Waals surface area contributed by atoms with Gasteiger partial charge in [0, 0.05) is 38.8 Å². The van der Waals surface area contributed by atoms with Crippen molar-refractivity contribution in [2.75, 3.05) is 32.1 Å². The van der Waals surface area contributed by atoms with Gasteiger partial charge in [-0.2, -0.15) is 4.98 Å². The van der Waals surface area contributed by atoms with Gasteiger partial charge in [0.05, 0.1) is 18.2 Å². The molecule has 0 radical (unpaired) electrons. The number of aromatic nitrogens is 4. The second-order valence-electron chi connectivity index (χ2n) is 6.77. The first-order valence-corrected chi connectivity index (χ1v) is 9.50. The highest BCUT2D eigenvalue weighted by molar-refractivity contribution is 5.69. The zero-order valence-electron chi connectivity index (χ0n) is 15.9. The standard InChI is InChI=1S/C20H24N6O2/c1-27-12-10-23-18-16(6-3-9-22-18)19-24-20(28-25-19)17-7-4-11-26(17)14-15-5-2-8-21-13-15/h2-3,5-6,8-9,13,17H,4,7,10-12,14H2,1H3,(H,22,23). The largest absolute Gasteiger partial charge is 0.383 e. The van der Waals surface area contributed by atoms with E-state index in [1.165, 1.54) is 5.56 Å². The van der Waals surface area contributed by atoms with E-state index in [1.807, 2.05) is 24.4 Å². The van der Waals surface area contributed by atoms with Gasteiger partial charge in [0.2, 0.25) is 11.7 Å². The van der Waals surface area contributed by atoms with Crippen LogP contribution in [0.1, 0.15) is 30.3 Å². The highest BCUT2D eigenvalue weighted by atomic mass is 16.5. The fourth-order valence-electron chi connectivity index (χ4n) is 3.50. The summed E-state index contributed by atoms with van der Waals surface area (Å²) in [7, 11) is 1.67. The minimum atomic E-state index is 0.128. The molecule has 8 nitrogen and oxygen atoms in total. The summed E-state index contributed by atoms with van der Waals surface area (Å²) in [6.07, 6.45) is 7.56. The van der Waals surface area contributed by atoms with Crippen LogP contribution in [0.25, 0.3) is 11.4 Å². The first-order chi connectivity index (χ1) is 13.8. The summed E-state index contributed by atoms with van der Waals surface area (Å²) in [5.74, 6) is 1.94. The molecule has 4 heterocycles. The molecule has 1 N–H and O–H groups in total. The molecule has 3 aromatic heterocycles. The Kier molecular flexibility index (Phi) is 5.89. The molecule has 1 saturated heterocycles. The molecule has 0 aromatic carbocycles. The number of nitrogens with zero attached hydrogens (tertiary/aromatic N) is 5. The smallest absolute Gasteiger partial charge is 0.244 e. The van der Waals surface area contributed by atoms with Crippen molar-refractivity contribution in [3.63, 3.8) is 0 Å². The SMILES string of the molecule is COCCNc1ncccc1-c1noc(C2CCCN2Cc2cccnc2)n1. The fourth-order valence-corrected chi connectivity index (χ4v) is 3.50. The molecule has 1 aliphatic rings. The molecular formula is C20H24N6O2. The van der Waals surface area contributed by atoms with E-state index in [2.05, 4.69) is 31.4 Å². The molecular weight excluding hydrogens is 356 g/mol. The predicted octanol–water partition coefficient (Wildman–Crippen LogP) is 2.92. The normalized spacial score (nSPS) is 17.1. The Morgan fingerprint density at radius 1 is 1.29 bits per heavy atom. The summed E-state index contributed by atoms with van der Waals surface area (Å²) in [5, 5.41) is 7.48. The molecule has 0 bridgehead atoms. The maximum Gasteiger partial charge on any atom is 0.244 e. The van der Waals surface area contributed by atoms with Gasteiger partial charge < -0.3 is 14.6 Å². The Morgan fingerprint density at radius 3 is 3.07 bits per heavy atom. The Balaban J connectivity index is 1.51. The van der Waals surface area contributed by atoms with Gasteiger partial charge >= 0.3 is 0 Å². The van der Waals surface area contributed by atoms with E-state index in [0.717, 1.165) is 37.3 Å². The average Bonchev–Trinajstić information content (AvgIpc) is 3.39.